The fourth-order valence-electron chi connectivity index (χ4n) is 1.63. The number of carbonyl (C=O) groups excluding carboxylic acids is 1. The van der Waals surface area contributed by atoms with Crippen LogP contribution in [-0.4, -0.2) is 22.0 Å². The Morgan fingerprint density at radius 1 is 1.11 bits per heavy atom. The molecule has 1 heterocycles. The van der Waals surface area contributed by atoms with Crippen molar-refractivity contribution in [3.63, 3.8) is 0 Å². The quantitative estimate of drug-likeness (QED) is 0.872. The van der Waals surface area contributed by atoms with Gasteiger partial charge in [-0.05, 0) is 17.7 Å². The van der Waals surface area contributed by atoms with Gasteiger partial charge in [-0.3, -0.25) is 4.79 Å². The van der Waals surface area contributed by atoms with Crippen LogP contribution >= 0.6 is 0 Å². The predicted octanol–water partition coefficient (Wildman–Crippen LogP) is 1.71. The van der Waals surface area contributed by atoms with Gasteiger partial charge in [-0.1, -0.05) is 30.3 Å². The molecule has 0 radical (unpaired) electrons. The maximum absolute atomic E-state index is 11.9. The van der Waals surface area contributed by atoms with Crippen LogP contribution in [-0.2, 0) is 6.54 Å². The number of pyridine rings is 1. The lowest BCUT2D eigenvalue weighted by Crippen LogP contribution is -2.25. The molecule has 96 valence electrons. The first-order chi connectivity index (χ1) is 9.18. The van der Waals surface area contributed by atoms with Crippen molar-refractivity contribution in [2.75, 3.05) is 0 Å². The third-order valence-corrected chi connectivity index (χ3v) is 2.55. The van der Waals surface area contributed by atoms with Crippen LogP contribution in [0, 0.1) is 0 Å². The Morgan fingerprint density at radius 2 is 1.84 bits per heavy atom. The molecule has 2 rings (SSSR count). The lowest BCUT2D eigenvalue weighted by atomic mass is 10.1. The van der Waals surface area contributed by atoms with Crippen molar-refractivity contribution in [3.05, 3.63) is 65.5 Å². The van der Waals surface area contributed by atoms with E-state index in [0.29, 0.717) is 6.54 Å². The Balaban J connectivity index is 2.10. The van der Waals surface area contributed by atoms with E-state index in [9.17, 15) is 9.59 Å². The SMILES string of the molecule is O=C(NCc1ccccc1)c1cccnc1C(=O)O. The highest BCUT2D eigenvalue weighted by atomic mass is 16.4. The number of carboxylic acids is 1. The van der Waals surface area contributed by atoms with E-state index in [1.807, 2.05) is 30.3 Å². The van der Waals surface area contributed by atoms with Gasteiger partial charge in [0.05, 0.1) is 5.56 Å². The summed E-state index contributed by atoms with van der Waals surface area (Å²) >= 11 is 0. The first kappa shape index (κ1) is 12.8. The Kier molecular flexibility index (Phi) is 3.87. The van der Waals surface area contributed by atoms with Gasteiger partial charge in [-0.2, -0.15) is 0 Å². The van der Waals surface area contributed by atoms with Crippen LogP contribution in [0.1, 0.15) is 26.4 Å². The summed E-state index contributed by atoms with van der Waals surface area (Å²) in [6.07, 6.45) is 1.34. The van der Waals surface area contributed by atoms with Crippen molar-refractivity contribution >= 4 is 11.9 Å². The van der Waals surface area contributed by atoms with E-state index in [1.54, 1.807) is 0 Å². The van der Waals surface area contributed by atoms with Crippen LogP contribution in [0.3, 0.4) is 0 Å². The van der Waals surface area contributed by atoms with Gasteiger partial charge in [0.1, 0.15) is 0 Å². The zero-order valence-corrected chi connectivity index (χ0v) is 10.0. The number of hydrogen-bond donors (Lipinski definition) is 2. The van der Waals surface area contributed by atoms with E-state index >= 15 is 0 Å². The molecule has 0 atom stereocenters. The lowest BCUT2D eigenvalue weighted by Gasteiger charge is -2.07. The molecular formula is C14H12N2O3. The van der Waals surface area contributed by atoms with Gasteiger partial charge in [0.25, 0.3) is 5.91 Å². The number of aromatic nitrogens is 1. The molecule has 1 amide bonds. The number of benzene rings is 1. The Bertz CT molecular complexity index is 597. The third kappa shape index (κ3) is 3.16. The number of rotatable bonds is 4. The van der Waals surface area contributed by atoms with Crippen molar-refractivity contribution in [1.29, 1.82) is 0 Å². The van der Waals surface area contributed by atoms with Crippen molar-refractivity contribution in [2.45, 2.75) is 6.54 Å². The van der Waals surface area contributed by atoms with Crippen molar-refractivity contribution in [3.8, 4) is 0 Å². The second-order valence-electron chi connectivity index (χ2n) is 3.87. The second kappa shape index (κ2) is 5.77. The summed E-state index contributed by atoms with van der Waals surface area (Å²) in [7, 11) is 0. The summed E-state index contributed by atoms with van der Waals surface area (Å²) in [6.45, 7) is 0.341. The van der Waals surface area contributed by atoms with Gasteiger partial charge < -0.3 is 10.4 Å². The highest BCUT2D eigenvalue weighted by Crippen LogP contribution is 2.06. The Morgan fingerprint density at radius 3 is 2.53 bits per heavy atom. The second-order valence-corrected chi connectivity index (χ2v) is 3.87. The number of carboxylic acid groups (broad SMARTS) is 1. The van der Waals surface area contributed by atoms with E-state index in [0.717, 1.165) is 5.56 Å². The van der Waals surface area contributed by atoms with E-state index in [4.69, 9.17) is 5.11 Å². The first-order valence-corrected chi connectivity index (χ1v) is 5.69. The van der Waals surface area contributed by atoms with Crippen molar-refractivity contribution < 1.29 is 14.7 Å². The summed E-state index contributed by atoms with van der Waals surface area (Å²) in [6, 6.07) is 12.3. The topological polar surface area (TPSA) is 79.3 Å². The molecule has 1 aromatic heterocycles. The molecule has 0 spiro atoms. The third-order valence-electron chi connectivity index (χ3n) is 2.55. The minimum atomic E-state index is -1.22. The lowest BCUT2D eigenvalue weighted by molar-refractivity contribution is 0.0684. The molecule has 0 aliphatic heterocycles. The Hall–Kier alpha value is -2.69. The monoisotopic (exact) mass is 256 g/mol. The van der Waals surface area contributed by atoms with Gasteiger partial charge in [-0.15, -0.1) is 0 Å². The average molecular weight is 256 g/mol. The summed E-state index contributed by atoms with van der Waals surface area (Å²) in [4.78, 5) is 26.6. The smallest absolute Gasteiger partial charge is 0.355 e. The zero-order chi connectivity index (χ0) is 13.7. The number of nitrogens with zero attached hydrogens (tertiary/aromatic N) is 1. The van der Waals surface area contributed by atoms with Gasteiger partial charge in [0.15, 0.2) is 5.69 Å². The van der Waals surface area contributed by atoms with Crippen LogP contribution in [0.2, 0.25) is 0 Å². The molecule has 0 aliphatic rings. The first-order valence-electron chi connectivity index (χ1n) is 5.69. The van der Waals surface area contributed by atoms with E-state index in [1.165, 1.54) is 18.3 Å². The molecule has 5 nitrogen and oxygen atoms in total. The van der Waals surface area contributed by atoms with Crippen LogP contribution < -0.4 is 5.32 Å². The molecule has 5 heteroatoms. The minimum Gasteiger partial charge on any atom is -0.476 e. The van der Waals surface area contributed by atoms with Crippen LogP contribution in [0.15, 0.2) is 48.7 Å². The molecule has 0 saturated carbocycles. The molecule has 1 aromatic carbocycles. The highest BCUT2D eigenvalue weighted by Gasteiger charge is 2.16. The standard InChI is InChI=1S/C14H12N2O3/c17-13(16-9-10-5-2-1-3-6-10)11-7-4-8-15-12(11)14(18)19/h1-8H,9H2,(H,16,17)(H,18,19). The fourth-order valence-corrected chi connectivity index (χ4v) is 1.63. The van der Waals surface area contributed by atoms with E-state index in [2.05, 4.69) is 10.3 Å². The van der Waals surface area contributed by atoms with Gasteiger partial charge in [-0.25, -0.2) is 9.78 Å². The highest BCUT2D eigenvalue weighted by molar-refractivity contribution is 6.03. The summed E-state index contributed by atoms with van der Waals surface area (Å²) in [5.41, 5.74) is 0.760. The molecule has 0 unspecified atom stereocenters. The van der Waals surface area contributed by atoms with E-state index < -0.39 is 11.9 Å². The molecule has 2 N–H and O–H groups in total. The molecule has 0 bridgehead atoms. The predicted molar refractivity (Wildman–Crippen MR) is 68.8 cm³/mol. The van der Waals surface area contributed by atoms with Crippen LogP contribution in [0.4, 0.5) is 0 Å². The maximum atomic E-state index is 11.9. The number of nitrogens with one attached hydrogen (secondary N) is 1. The summed E-state index contributed by atoms with van der Waals surface area (Å²) in [5, 5.41) is 11.6. The van der Waals surface area contributed by atoms with Crippen LogP contribution in [0.5, 0.6) is 0 Å². The molecule has 2 aromatic rings. The normalized spacial score (nSPS) is 9.89. The minimum absolute atomic E-state index is 0.0610. The van der Waals surface area contributed by atoms with Gasteiger partial charge >= 0.3 is 5.97 Å². The number of aromatic carboxylic acids is 1. The summed E-state index contributed by atoms with van der Waals surface area (Å²) < 4.78 is 0. The van der Waals surface area contributed by atoms with E-state index in [-0.39, 0.29) is 11.3 Å². The molecular weight excluding hydrogens is 244 g/mol. The van der Waals surface area contributed by atoms with Crippen molar-refractivity contribution in [1.82, 2.24) is 10.3 Å². The summed E-state index contributed by atoms with van der Waals surface area (Å²) in [5.74, 6) is -1.67. The number of amides is 1. The number of hydrogen-bond acceptors (Lipinski definition) is 3. The largest absolute Gasteiger partial charge is 0.476 e. The average Bonchev–Trinajstić information content (AvgIpc) is 2.46. The number of carbonyl (C=O) groups is 2. The Labute approximate surface area is 109 Å². The zero-order valence-electron chi connectivity index (χ0n) is 10.0. The van der Waals surface area contributed by atoms with Crippen molar-refractivity contribution in [2.24, 2.45) is 0 Å². The molecule has 0 aliphatic carbocycles. The van der Waals surface area contributed by atoms with Gasteiger partial charge in [0, 0.05) is 12.7 Å². The molecule has 0 saturated heterocycles. The van der Waals surface area contributed by atoms with Crippen LogP contribution in [0.25, 0.3) is 0 Å². The maximum Gasteiger partial charge on any atom is 0.355 e. The fraction of sp³-hybridized carbons (Fsp3) is 0.0714. The molecule has 0 fully saturated rings. The van der Waals surface area contributed by atoms with Gasteiger partial charge in [0.2, 0.25) is 0 Å². The molecule has 19 heavy (non-hydrogen) atoms.